The predicted octanol–water partition coefficient (Wildman–Crippen LogP) is 3.43. The zero-order valence-electron chi connectivity index (χ0n) is 9.89. The van der Waals surface area contributed by atoms with E-state index in [4.69, 9.17) is 5.11 Å². The fraction of sp³-hybridized carbons (Fsp3) is 0.308. The molecule has 0 saturated carbocycles. The minimum Gasteiger partial charge on any atom is -0.481 e. The molecular weight excluding hydrogens is 266 g/mol. The van der Waals surface area contributed by atoms with Crippen molar-refractivity contribution < 1.29 is 9.90 Å². The predicted molar refractivity (Wildman–Crippen MR) is 76.2 cm³/mol. The molecular formula is C13H15NO2S2. The minimum atomic E-state index is -0.729. The minimum absolute atomic E-state index is 0.234. The summed E-state index contributed by atoms with van der Waals surface area (Å²) in [5, 5.41) is 16.0. The van der Waals surface area contributed by atoms with Crippen molar-refractivity contribution in [3.63, 3.8) is 0 Å². The van der Waals surface area contributed by atoms with Crippen LogP contribution in [0.4, 0.5) is 0 Å². The average Bonchev–Trinajstić information content (AvgIpc) is 2.98. The second kappa shape index (κ2) is 6.68. The molecule has 2 aromatic heterocycles. The van der Waals surface area contributed by atoms with Crippen LogP contribution in [0.5, 0.6) is 0 Å². The Bertz CT molecular complexity index is 491. The summed E-state index contributed by atoms with van der Waals surface area (Å²) in [7, 11) is 0. The van der Waals surface area contributed by atoms with Gasteiger partial charge in [0.15, 0.2) is 0 Å². The van der Waals surface area contributed by atoms with E-state index in [0.29, 0.717) is 6.42 Å². The number of rotatable bonds is 7. The molecule has 3 nitrogen and oxygen atoms in total. The second-order valence-corrected chi connectivity index (χ2v) is 5.90. The molecule has 0 fully saturated rings. The SMILES string of the molecule is O=C(O)CCCNCc1cc(-c2cccs2)cs1. The normalized spacial score (nSPS) is 10.7. The lowest BCUT2D eigenvalue weighted by Gasteiger charge is -2.00. The lowest BCUT2D eigenvalue weighted by atomic mass is 10.2. The highest BCUT2D eigenvalue weighted by atomic mass is 32.1. The number of hydrogen-bond donors (Lipinski definition) is 2. The topological polar surface area (TPSA) is 49.3 Å². The highest BCUT2D eigenvalue weighted by Gasteiger charge is 2.03. The van der Waals surface area contributed by atoms with Gasteiger partial charge in [0.2, 0.25) is 0 Å². The van der Waals surface area contributed by atoms with Crippen molar-refractivity contribution in [2.45, 2.75) is 19.4 Å². The van der Waals surface area contributed by atoms with Crippen molar-refractivity contribution in [2.75, 3.05) is 6.54 Å². The molecule has 2 heterocycles. The van der Waals surface area contributed by atoms with Crippen molar-refractivity contribution in [2.24, 2.45) is 0 Å². The van der Waals surface area contributed by atoms with Gasteiger partial charge < -0.3 is 10.4 Å². The molecule has 0 bridgehead atoms. The molecule has 0 saturated heterocycles. The van der Waals surface area contributed by atoms with Crippen molar-refractivity contribution in [1.29, 1.82) is 0 Å². The number of hydrogen-bond acceptors (Lipinski definition) is 4. The van der Waals surface area contributed by atoms with Crippen LogP contribution in [0.15, 0.2) is 29.0 Å². The second-order valence-electron chi connectivity index (χ2n) is 3.95. The maximum absolute atomic E-state index is 10.3. The molecule has 96 valence electrons. The quantitative estimate of drug-likeness (QED) is 0.764. The fourth-order valence-corrected chi connectivity index (χ4v) is 3.26. The summed E-state index contributed by atoms with van der Waals surface area (Å²) in [5.74, 6) is -0.729. The van der Waals surface area contributed by atoms with Crippen molar-refractivity contribution in [3.05, 3.63) is 33.8 Å². The van der Waals surface area contributed by atoms with Gasteiger partial charge in [-0.05, 0) is 35.9 Å². The van der Waals surface area contributed by atoms with Gasteiger partial charge in [-0.15, -0.1) is 22.7 Å². The first-order valence-corrected chi connectivity index (χ1v) is 7.55. The summed E-state index contributed by atoms with van der Waals surface area (Å²) in [6.07, 6.45) is 0.913. The number of thiophene rings is 2. The van der Waals surface area contributed by atoms with Gasteiger partial charge in [0.25, 0.3) is 0 Å². The van der Waals surface area contributed by atoms with Gasteiger partial charge in [0, 0.05) is 28.3 Å². The molecule has 0 aliphatic rings. The fourth-order valence-electron chi connectivity index (χ4n) is 1.62. The van der Waals surface area contributed by atoms with E-state index < -0.39 is 5.97 Å². The third-order valence-corrected chi connectivity index (χ3v) is 4.36. The summed E-state index contributed by atoms with van der Waals surface area (Å²) in [6, 6.07) is 6.37. The first-order chi connectivity index (χ1) is 8.75. The number of carbonyl (C=O) groups is 1. The standard InChI is InChI=1S/C13H15NO2S2/c15-13(16)4-1-5-14-8-11-7-10(9-18-11)12-3-2-6-17-12/h2-3,6-7,9,14H,1,4-5,8H2,(H,15,16). The molecule has 0 spiro atoms. The third kappa shape index (κ3) is 3.94. The van der Waals surface area contributed by atoms with Crippen LogP contribution in [-0.2, 0) is 11.3 Å². The Kier molecular flexibility index (Phi) is 4.92. The van der Waals surface area contributed by atoms with Gasteiger partial charge in [-0.25, -0.2) is 0 Å². The molecule has 2 rings (SSSR count). The van der Waals surface area contributed by atoms with Gasteiger partial charge in [-0.3, -0.25) is 4.79 Å². The van der Waals surface area contributed by atoms with Crippen LogP contribution in [0.1, 0.15) is 17.7 Å². The molecule has 0 radical (unpaired) electrons. The summed E-state index contributed by atoms with van der Waals surface area (Å²) in [6.45, 7) is 1.56. The lowest BCUT2D eigenvalue weighted by molar-refractivity contribution is -0.137. The van der Waals surface area contributed by atoms with Crippen molar-refractivity contribution >= 4 is 28.6 Å². The smallest absolute Gasteiger partial charge is 0.303 e. The maximum Gasteiger partial charge on any atom is 0.303 e. The van der Waals surface area contributed by atoms with E-state index in [-0.39, 0.29) is 6.42 Å². The van der Waals surface area contributed by atoms with Crippen LogP contribution in [-0.4, -0.2) is 17.6 Å². The summed E-state index contributed by atoms with van der Waals surface area (Å²) in [4.78, 5) is 12.9. The molecule has 0 unspecified atom stereocenters. The maximum atomic E-state index is 10.3. The molecule has 18 heavy (non-hydrogen) atoms. The van der Waals surface area contributed by atoms with Gasteiger partial charge in [0.05, 0.1) is 0 Å². The highest BCUT2D eigenvalue weighted by Crippen LogP contribution is 2.29. The zero-order chi connectivity index (χ0) is 12.8. The number of aliphatic carboxylic acids is 1. The first-order valence-electron chi connectivity index (χ1n) is 5.79. The lowest BCUT2D eigenvalue weighted by Crippen LogP contribution is -2.14. The van der Waals surface area contributed by atoms with Crippen LogP contribution in [0, 0.1) is 0 Å². The van der Waals surface area contributed by atoms with Gasteiger partial charge in [0.1, 0.15) is 0 Å². The molecule has 0 aliphatic carbocycles. The Morgan fingerprint density at radius 3 is 3.00 bits per heavy atom. The Hall–Kier alpha value is -1.17. The molecule has 2 aromatic rings. The molecule has 0 atom stereocenters. The van der Waals surface area contributed by atoms with Crippen molar-refractivity contribution in [1.82, 2.24) is 5.32 Å². The number of carboxylic acids is 1. The number of nitrogens with one attached hydrogen (secondary N) is 1. The van der Waals surface area contributed by atoms with Gasteiger partial charge in [-0.2, -0.15) is 0 Å². The van der Waals surface area contributed by atoms with E-state index in [1.807, 2.05) is 0 Å². The highest BCUT2D eigenvalue weighted by molar-refractivity contribution is 7.14. The van der Waals surface area contributed by atoms with E-state index >= 15 is 0 Å². The molecule has 0 aromatic carbocycles. The monoisotopic (exact) mass is 281 g/mol. The summed E-state index contributed by atoms with van der Waals surface area (Å²) in [5.41, 5.74) is 1.28. The Balaban J connectivity index is 1.76. The van der Waals surface area contributed by atoms with Crippen LogP contribution >= 0.6 is 22.7 Å². The third-order valence-electron chi connectivity index (χ3n) is 2.50. The zero-order valence-corrected chi connectivity index (χ0v) is 11.5. The molecule has 0 amide bonds. The largest absolute Gasteiger partial charge is 0.481 e. The van der Waals surface area contributed by atoms with Crippen LogP contribution in [0.3, 0.4) is 0 Å². The number of carboxylic acid groups (broad SMARTS) is 1. The Morgan fingerprint density at radius 2 is 2.28 bits per heavy atom. The van der Waals surface area contributed by atoms with E-state index in [1.165, 1.54) is 15.3 Å². The van der Waals surface area contributed by atoms with Gasteiger partial charge >= 0.3 is 5.97 Å². The van der Waals surface area contributed by atoms with E-state index in [1.54, 1.807) is 22.7 Å². The van der Waals surface area contributed by atoms with E-state index in [0.717, 1.165) is 13.1 Å². The Morgan fingerprint density at radius 1 is 1.39 bits per heavy atom. The van der Waals surface area contributed by atoms with E-state index in [9.17, 15) is 4.79 Å². The molecule has 2 N–H and O–H groups in total. The van der Waals surface area contributed by atoms with Crippen molar-refractivity contribution in [3.8, 4) is 10.4 Å². The van der Waals surface area contributed by atoms with Gasteiger partial charge in [-0.1, -0.05) is 6.07 Å². The van der Waals surface area contributed by atoms with Crippen LogP contribution < -0.4 is 5.32 Å². The van der Waals surface area contributed by atoms with E-state index in [2.05, 4.69) is 34.3 Å². The summed E-state index contributed by atoms with van der Waals surface area (Å²) >= 11 is 3.49. The average molecular weight is 281 g/mol. The summed E-state index contributed by atoms with van der Waals surface area (Å²) < 4.78 is 0. The molecule has 0 aliphatic heterocycles. The molecule has 5 heteroatoms. The van der Waals surface area contributed by atoms with Crippen LogP contribution in [0.2, 0.25) is 0 Å². The van der Waals surface area contributed by atoms with Crippen LogP contribution in [0.25, 0.3) is 10.4 Å². The Labute approximate surface area is 114 Å². The first kappa shape index (κ1) is 13.3.